The van der Waals surface area contributed by atoms with Gasteiger partial charge in [-0.1, -0.05) is 0 Å². The largest absolute Gasteiger partial charge is 2.00 e. The predicted molar refractivity (Wildman–Crippen MR) is 2.75 cm³/mol. The van der Waals surface area contributed by atoms with Crippen molar-refractivity contribution in [1.82, 2.24) is 0 Å². The SMILES string of the molecule is [Ag+].[Cu+2].[O-2].[O-2].[O-2].[O-2].[V]. The topological polar surface area (TPSA) is 114 Å². The van der Waals surface area contributed by atoms with Crippen molar-refractivity contribution in [3.8, 4) is 0 Å². The van der Waals surface area contributed by atoms with Crippen molar-refractivity contribution in [2.24, 2.45) is 0 Å². The Labute approximate surface area is 79.5 Å². The fourth-order valence-corrected chi connectivity index (χ4v) is 0. The van der Waals surface area contributed by atoms with E-state index in [0.717, 1.165) is 0 Å². The minimum absolute atomic E-state index is 0. The zero-order chi connectivity index (χ0) is 0. The third-order valence-electron chi connectivity index (χ3n) is 0. The van der Waals surface area contributed by atoms with Crippen LogP contribution >= 0.6 is 0 Å². The van der Waals surface area contributed by atoms with Crippen LogP contribution in [0, 0.1) is 0 Å². The first-order valence-electron chi connectivity index (χ1n) is 0. The Morgan fingerprint density at radius 2 is 0.571 bits per heavy atom. The van der Waals surface area contributed by atoms with Gasteiger partial charge in [0.05, 0.1) is 0 Å². The fraction of sp³-hybridized carbons (Fsp3) is 0. The fourth-order valence-electron chi connectivity index (χ4n) is 0. The summed E-state index contributed by atoms with van der Waals surface area (Å²) < 4.78 is 0. The van der Waals surface area contributed by atoms with Gasteiger partial charge in [-0.25, -0.2) is 0 Å². The van der Waals surface area contributed by atoms with Crippen LogP contribution in [0.1, 0.15) is 0 Å². The Balaban J connectivity index is 0. The summed E-state index contributed by atoms with van der Waals surface area (Å²) in [6.45, 7) is 0. The average Bonchev–Trinajstić information content (AvgIpc) is 0. The van der Waals surface area contributed by atoms with Gasteiger partial charge in [0.1, 0.15) is 0 Å². The van der Waals surface area contributed by atoms with E-state index in [2.05, 4.69) is 0 Å². The van der Waals surface area contributed by atoms with Crippen LogP contribution in [0.2, 0.25) is 0 Å². The van der Waals surface area contributed by atoms with Crippen molar-refractivity contribution in [3.05, 3.63) is 0 Å². The summed E-state index contributed by atoms with van der Waals surface area (Å²) in [6.07, 6.45) is 0. The number of hydrogen-bond acceptors (Lipinski definition) is 0. The summed E-state index contributed by atoms with van der Waals surface area (Å²) in [5.74, 6) is 0. The maximum Gasteiger partial charge on any atom is 2.00 e. The smallest absolute Gasteiger partial charge is 2.00 e. The van der Waals surface area contributed by atoms with Gasteiger partial charge in [-0.2, -0.15) is 0 Å². The monoisotopic (exact) mass is 285 g/mol. The van der Waals surface area contributed by atoms with E-state index in [-0.39, 0.29) is 79.9 Å². The molecule has 56 valence electrons. The normalized spacial score (nSPS) is 0. The van der Waals surface area contributed by atoms with Crippen molar-refractivity contribution in [3.63, 3.8) is 0 Å². The van der Waals surface area contributed by atoms with Gasteiger partial charge in [-0.15, -0.1) is 0 Å². The van der Waals surface area contributed by atoms with Crippen molar-refractivity contribution >= 4 is 0 Å². The minimum atomic E-state index is 0. The van der Waals surface area contributed by atoms with Crippen molar-refractivity contribution in [2.75, 3.05) is 0 Å². The molecule has 0 aromatic rings. The first kappa shape index (κ1) is 181. The van der Waals surface area contributed by atoms with Crippen molar-refractivity contribution < 1.29 is 79.9 Å². The van der Waals surface area contributed by atoms with Crippen LogP contribution in [0.5, 0.6) is 0 Å². The van der Waals surface area contributed by atoms with Gasteiger partial charge in [0, 0.05) is 18.6 Å². The maximum absolute atomic E-state index is 0. The molecule has 0 aliphatic rings. The first-order valence-corrected chi connectivity index (χ1v) is 0. The first-order chi connectivity index (χ1) is 0. The summed E-state index contributed by atoms with van der Waals surface area (Å²) in [6, 6.07) is 0. The summed E-state index contributed by atoms with van der Waals surface area (Å²) in [7, 11) is 0. The molecule has 0 heterocycles. The van der Waals surface area contributed by atoms with Gasteiger partial charge in [0.25, 0.3) is 0 Å². The quantitative estimate of drug-likeness (QED) is 0.535. The Bertz CT molecular complexity index is 11.7. The van der Waals surface area contributed by atoms with E-state index < -0.39 is 0 Å². The Hall–Kier alpha value is 1.68. The van der Waals surface area contributed by atoms with Crippen molar-refractivity contribution in [2.45, 2.75) is 0 Å². The molecule has 0 N–H and O–H groups in total. The molecule has 0 saturated carbocycles. The van der Waals surface area contributed by atoms with Gasteiger partial charge in [-0.05, 0) is 0 Å². The van der Waals surface area contributed by atoms with Gasteiger partial charge >= 0.3 is 39.4 Å². The van der Waals surface area contributed by atoms with Crippen LogP contribution in [0.15, 0.2) is 0 Å². The summed E-state index contributed by atoms with van der Waals surface area (Å²) in [5.41, 5.74) is 0. The Morgan fingerprint density at radius 3 is 0.571 bits per heavy atom. The molecule has 0 spiro atoms. The summed E-state index contributed by atoms with van der Waals surface area (Å²) in [4.78, 5) is 0. The standard InChI is InChI=1S/Ag.Cu.4O.V/q+1;+2;4*-2;. The van der Waals surface area contributed by atoms with Crippen LogP contribution < -0.4 is 0 Å². The van der Waals surface area contributed by atoms with Gasteiger partial charge in [0.2, 0.25) is 0 Å². The molecule has 4 nitrogen and oxygen atoms in total. The van der Waals surface area contributed by atoms with Crippen LogP contribution in [0.3, 0.4) is 0 Å². The molecule has 0 bridgehead atoms. The van der Waals surface area contributed by atoms with E-state index in [1.807, 2.05) is 0 Å². The van der Waals surface area contributed by atoms with Crippen LogP contribution in [0.25, 0.3) is 0 Å². The molecule has 0 aliphatic carbocycles. The number of rotatable bonds is 0. The Kier molecular flexibility index (Phi) is 3130. The van der Waals surface area contributed by atoms with Gasteiger partial charge in [0.15, 0.2) is 0 Å². The second-order valence-corrected chi connectivity index (χ2v) is 0. The molecule has 0 amide bonds. The average molecular weight is 286 g/mol. The minimum Gasteiger partial charge on any atom is -2.00 e. The third kappa shape index (κ3) is 87.5. The van der Waals surface area contributed by atoms with E-state index in [4.69, 9.17) is 0 Å². The molecule has 0 rings (SSSR count). The van der Waals surface area contributed by atoms with E-state index in [1.54, 1.807) is 0 Å². The molecule has 0 aromatic carbocycles. The van der Waals surface area contributed by atoms with Crippen LogP contribution in [-0.4, -0.2) is 0 Å². The van der Waals surface area contributed by atoms with Crippen LogP contribution in [0.4, 0.5) is 0 Å². The summed E-state index contributed by atoms with van der Waals surface area (Å²) >= 11 is 0. The third-order valence-corrected chi connectivity index (χ3v) is 0. The predicted octanol–water partition coefficient (Wildman–Crippen LogP) is -0.483. The molecule has 2 radical (unpaired) electrons. The molecule has 0 aromatic heterocycles. The van der Waals surface area contributed by atoms with Gasteiger partial charge < -0.3 is 21.9 Å². The molecule has 0 saturated heterocycles. The molecule has 0 atom stereocenters. The van der Waals surface area contributed by atoms with E-state index in [0.29, 0.717) is 0 Å². The molecule has 0 aliphatic heterocycles. The van der Waals surface area contributed by atoms with E-state index in [9.17, 15) is 0 Å². The number of hydrogen-bond donors (Lipinski definition) is 0. The molecule has 0 fully saturated rings. The van der Waals surface area contributed by atoms with Crippen molar-refractivity contribution in [1.29, 1.82) is 0 Å². The second-order valence-electron chi connectivity index (χ2n) is 0. The zero-order valence-electron chi connectivity index (χ0n) is 2.68. The Morgan fingerprint density at radius 1 is 0.571 bits per heavy atom. The van der Waals surface area contributed by atoms with E-state index >= 15 is 0 Å². The molecule has 0 unspecified atom stereocenters. The summed E-state index contributed by atoms with van der Waals surface area (Å²) in [5, 5.41) is 0. The van der Waals surface area contributed by atoms with Gasteiger partial charge in [-0.3, -0.25) is 0 Å². The zero-order valence-corrected chi connectivity index (χ0v) is 6.50. The molecule has 7 heavy (non-hydrogen) atoms. The van der Waals surface area contributed by atoms with Crippen LogP contribution in [-0.2, 0) is 79.9 Å². The molecule has 7 heteroatoms. The van der Waals surface area contributed by atoms with E-state index in [1.165, 1.54) is 0 Å². The molecular formula is AgCuO4V-5. The second kappa shape index (κ2) is 121. The maximum atomic E-state index is 0. The molecular weight excluding hydrogens is 286 g/mol.